The summed E-state index contributed by atoms with van der Waals surface area (Å²) in [6.45, 7) is 1.00. The van der Waals surface area contributed by atoms with Gasteiger partial charge in [-0.25, -0.2) is 9.78 Å². The molecule has 21 heavy (non-hydrogen) atoms. The van der Waals surface area contributed by atoms with Gasteiger partial charge < -0.3 is 9.72 Å². The van der Waals surface area contributed by atoms with Gasteiger partial charge in [0.2, 0.25) is 0 Å². The zero-order chi connectivity index (χ0) is 14.7. The molecule has 6 heteroatoms. The Kier molecular flexibility index (Phi) is 4.24. The molecule has 1 saturated heterocycles. The molecule has 1 fully saturated rings. The van der Waals surface area contributed by atoms with Gasteiger partial charge in [-0.2, -0.15) is 0 Å². The Bertz CT molecular complexity index is 614. The maximum absolute atomic E-state index is 12.3. The molecular weight excluding hydrogens is 334 g/mol. The maximum Gasteiger partial charge on any atom is 0.410 e. The Balaban J connectivity index is 1.63. The molecule has 3 rings (SSSR count). The van der Waals surface area contributed by atoms with Gasteiger partial charge in [-0.1, -0.05) is 30.3 Å². The van der Waals surface area contributed by atoms with Gasteiger partial charge in [0.25, 0.3) is 0 Å². The van der Waals surface area contributed by atoms with Crippen LogP contribution in [0.1, 0.15) is 30.3 Å². The van der Waals surface area contributed by atoms with Crippen molar-refractivity contribution in [3.8, 4) is 0 Å². The topological polar surface area (TPSA) is 58.2 Å². The molecule has 2 aromatic rings. The summed E-state index contributed by atoms with van der Waals surface area (Å²) >= 11 is 3.34. The zero-order valence-electron chi connectivity index (χ0n) is 11.5. The summed E-state index contributed by atoms with van der Waals surface area (Å²) in [5.41, 5.74) is 0.988. The third kappa shape index (κ3) is 3.26. The second kappa shape index (κ2) is 6.30. The molecule has 1 aromatic carbocycles. The molecule has 1 aliphatic heterocycles. The molecule has 1 atom stereocenters. The van der Waals surface area contributed by atoms with Crippen LogP contribution in [0.4, 0.5) is 4.79 Å². The number of carbonyl (C=O) groups excluding carboxylic acids is 1. The van der Waals surface area contributed by atoms with E-state index in [1.807, 2.05) is 30.3 Å². The minimum absolute atomic E-state index is 0.0282. The van der Waals surface area contributed by atoms with Crippen LogP contribution in [-0.4, -0.2) is 27.5 Å². The van der Waals surface area contributed by atoms with Crippen LogP contribution in [0.5, 0.6) is 0 Å². The predicted octanol–water partition coefficient (Wildman–Crippen LogP) is 3.65. The number of H-pyrrole nitrogens is 1. The van der Waals surface area contributed by atoms with Crippen LogP contribution in [-0.2, 0) is 11.3 Å². The number of benzene rings is 1. The number of hydrogen-bond donors (Lipinski definition) is 1. The number of amides is 1. The molecule has 110 valence electrons. The van der Waals surface area contributed by atoms with Crippen LogP contribution in [0, 0.1) is 0 Å². The first kappa shape index (κ1) is 14.1. The van der Waals surface area contributed by atoms with Gasteiger partial charge in [0.15, 0.2) is 0 Å². The number of carbonyl (C=O) groups is 1. The SMILES string of the molecule is O=C(OCc1ccccc1)N1CCCC1c1ncc(Br)[nH]1. The summed E-state index contributed by atoms with van der Waals surface area (Å²) in [5, 5.41) is 0. The third-order valence-corrected chi connectivity index (χ3v) is 3.98. The van der Waals surface area contributed by atoms with Gasteiger partial charge in [-0.3, -0.25) is 4.90 Å². The molecule has 1 aliphatic rings. The minimum Gasteiger partial charge on any atom is -0.445 e. The van der Waals surface area contributed by atoms with E-state index in [1.54, 1.807) is 11.1 Å². The highest BCUT2D eigenvalue weighted by molar-refractivity contribution is 9.10. The number of likely N-dealkylation sites (tertiary alicyclic amines) is 1. The lowest BCUT2D eigenvalue weighted by Gasteiger charge is -2.22. The monoisotopic (exact) mass is 349 g/mol. The number of imidazole rings is 1. The van der Waals surface area contributed by atoms with Crippen LogP contribution in [0.15, 0.2) is 41.1 Å². The minimum atomic E-state index is -0.283. The molecule has 1 unspecified atom stereocenters. The Morgan fingerprint density at radius 2 is 2.24 bits per heavy atom. The van der Waals surface area contributed by atoms with Gasteiger partial charge >= 0.3 is 6.09 Å². The van der Waals surface area contributed by atoms with E-state index in [0.717, 1.165) is 28.8 Å². The van der Waals surface area contributed by atoms with Gasteiger partial charge in [0.1, 0.15) is 17.0 Å². The molecule has 1 N–H and O–H groups in total. The fraction of sp³-hybridized carbons (Fsp3) is 0.333. The average molecular weight is 350 g/mol. The summed E-state index contributed by atoms with van der Waals surface area (Å²) in [7, 11) is 0. The molecule has 0 radical (unpaired) electrons. The normalized spacial score (nSPS) is 18.0. The second-order valence-corrected chi connectivity index (χ2v) is 5.86. The number of aromatic amines is 1. The maximum atomic E-state index is 12.3. The summed E-state index contributed by atoms with van der Waals surface area (Å²) < 4.78 is 6.23. The van der Waals surface area contributed by atoms with E-state index in [-0.39, 0.29) is 12.1 Å². The van der Waals surface area contributed by atoms with E-state index < -0.39 is 0 Å². The smallest absolute Gasteiger partial charge is 0.410 e. The fourth-order valence-corrected chi connectivity index (χ4v) is 2.86. The Morgan fingerprint density at radius 1 is 1.43 bits per heavy atom. The van der Waals surface area contributed by atoms with Crippen molar-refractivity contribution in [2.24, 2.45) is 0 Å². The van der Waals surface area contributed by atoms with E-state index in [0.29, 0.717) is 13.2 Å². The Hall–Kier alpha value is -1.82. The van der Waals surface area contributed by atoms with Crippen molar-refractivity contribution < 1.29 is 9.53 Å². The molecule has 2 heterocycles. The van der Waals surface area contributed by atoms with Crippen molar-refractivity contribution in [2.75, 3.05) is 6.54 Å². The van der Waals surface area contributed by atoms with Crippen LogP contribution >= 0.6 is 15.9 Å². The van der Waals surface area contributed by atoms with Crippen molar-refractivity contribution in [1.82, 2.24) is 14.9 Å². The summed E-state index contributed by atoms with van der Waals surface area (Å²) in [6, 6.07) is 9.66. The highest BCUT2D eigenvalue weighted by Gasteiger charge is 2.32. The average Bonchev–Trinajstić information content (AvgIpc) is 3.14. The van der Waals surface area contributed by atoms with E-state index in [1.165, 1.54) is 0 Å². The molecule has 1 aromatic heterocycles. The molecule has 0 bridgehead atoms. The summed E-state index contributed by atoms with van der Waals surface area (Å²) in [6.07, 6.45) is 3.29. The predicted molar refractivity (Wildman–Crippen MR) is 81.6 cm³/mol. The Morgan fingerprint density at radius 3 is 2.95 bits per heavy atom. The lowest BCUT2D eigenvalue weighted by atomic mass is 10.2. The van der Waals surface area contributed by atoms with Crippen molar-refractivity contribution >= 4 is 22.0 Å². The summed E-state index contributed by atoms with van der Waals surface area (Å²) in [5.74, 6) is 0.802. The quantitative estimate of drug-likeness (QED) is 0.919. The van der Waals surface area contributed by atoms with Gasteiger partial charge in [-0.05, 0) is 34.3 Å². The zero-order valence-corrected chi connectivity index (χ0v) is 13.0. The van der Waals surface area contributed by atoms with Crippen molar-refractivity contribution in [2.45, 2.75) is 25.5 Å². The van der Waals surface area contributed by atoms with Crippen molar-refractivity contribution in [1.29, 1.82) is 0 Å². The first-order valence-electron chi connectivity index (χ1n) is 6.92. The van der Waals surface area contributed by atoms with Crippen LogP contribution in [0.3, 0.4) is 0 Å². The number of halogens is 1. The number of nitrogens with zero attached hydrogens (tertiary/aromatic N) is 2. The van der Waals surface area contributed by atoms with Crippen LogP contribution in [0.25, 0.3) is 0 Å². The van der Waals surface area contributed by atoms with Crippen LogP contribution in [0.2, 0.25) is 0 Å². The van der Waals surface area contributed by atoms with Crippen molar-refractivity contribution in [3.63, 3.8) is 0 Å². The standard InChI is InChI=1S/C15H16BrN3O2/c16-13-9-17-14(18-13)12-7-4-8-19(12)15(20)21-10-11-5-2-1-3-6-11/h1-3,5-6,9,12H,4,7-8,10H2,(H,17,18). The molecule has 0 saturated carbocycles. The molecular formula is C15H16BrN3O2. The van der Waals surface area contributed by atoms with Gasteiger partial charge in [0.05, 0.1) is 12.2 Å². The molecule has 5 nitrogen and oxygen atoms in total. The number of hydrogen-bond acceptors (Lipinski definition) is 3. The Labute approximate surface area is 131 Å². The lowest BCUT2D eigenvalue weighted by Crippen LogP contribution is -2.31. The molecule has 1 amide bonds. The second-order valence-electron chi connectivity index (χ2n) is 5.01. The lowest BCUT2D eigenvalue weighted by molar-refractivity contribution is 0.0909. The third-order valence-electron chi connectivity index (χ3n) is 3.57. The van der Waals surface area contributed by atoms with E-state index in [2.05, 4.69) is 25.9 Å². The number of ether oxygens (including phenoxy) is 1. The van der Waals surface area contributed by atoms with Crippen LogP contribution < -0.4 is 0 Å². The largest absolute Gasteiger partial charge is 0.445 e. The molecule has 0 spiro atoms. The van der Waals surface area contributed by atoms with E-state index in [9.17, 15) is 4.79 Å². The summed E-state index contributed by atoms with van der Waals surface area (Å²) in [4.78, 5) is 21.4. The number of rotatable bonds is 3. The fourth-order valence-electron chi connectivity index (χ4n) is 2.55. The first-order chi connectivity index (χ1) is 10.2. The number of aromatic nitrogens is 2. The van der Waals surface area contributed by atoms with E-state index >= 15 is 0 Å². The van der Waals surface area contributed by atoms with Crippen molar-refractivity contribution in [3.05, 3.63) is 52.5 Å². The number of nitrogens with one attached hydrogen (secondary N) is 1. The molecule has 0 aliphatic carbocycles. The van der Waals surface area contributed by atoms with E-state index in [4.69, 9.17) is 4.74 Å². The highest BCUT2D eigenvalue weighted by Crippen LogP contribution is 2.31. The first-order valence-corrected chi connectivity index (χ1v) is 7.71. The van der Waals surface area contributed by atoms with Gasteiger partial charge in [-0.15, -0.1) is 0 Å². The highest BCUT2D eigenvalue weighted by atomic mass is 79.9. The van der Waals surface area contributed by atoms with Gasteiger partial charge in [0, 0.05) is 6.54 Å².